The highest BCUT2D eigenvalue weighted by Gasteiger charge is 2.14. The first-order valence-corrected chi connectivity index (χ1v) is 9.27. The van der Waals surface area contributed by atoms with Crippen LogP contribution in [-0.2, 0) is 0 Å². The van der Waals surface area contributed by atoms with Crippen LogP contribution in [-0.4, -0.2) is 27.2 Å². The normalized spacial score (nSPS) is 10.8. The molecule has 2 N–H and O–H groups in total. The van der Waals surface area contributed by atoms with Gasteiger partial charge >= 0.3 is 0 Å². The van der Waals surface area contributed by atoms with Gasteiger partial charge in [-0.2, -0.15) is 0 Å². The molecule has 0 radical (unpaired) electrons. The molecule has 1 heterocycles. The average molecular weight is 426 g/mol. The number of hydrogen-bond acceptors (Lipinski definition) is 5. The standard InChI is InChI=1S/C16H14BrClN4OS/c17-11-5-7-12(8-6-11)23-9-10-24-16-21-20-15(22(16)19)13-3-1-2-4-14(13)18/h1-8H,9-10,19H2. The lowest BCUT2D eigenvalue weighted by Gasteiger charge is -2.07. The van der Waals surface area contributed by atoms with E-state index in [4.69, 9.17) is 22.2 Å². The van der Waals surface area contributed by atoms with Crippen molar-refractivity contribution >= 4 is 39.3 Å². The second kappa shape index (κ2) is 7.92. The quantitative estimate of drug-likeness (QED) is 0.363. The number of thioether (sulfide) groups is 1. The van der Waals surface area contributed by atoms with Gasteiger partial charge < -0.3 is 10.6 Å². The van der Waals surface area contributed by atoms with Crippen molar-refractivity contribution < 1.29 is 4.74 Å². The Morgan fingerprint density at radius 1 is 1.12 bits per heavy atom. The largest absolute Gasteiger partial charge is 0.493 e. The predicted molar refractivity (Wildman–Crippen MR) is 101 cm³/mol. The van der Waals surface area contributed by atoms with Crippen molar-refractivity contribution in [1.29, 1.82) is 0 Å². The maximum absolute atomic E-state index is 6.18. The van der Waals surface area contributed by atoms with E-state index in [0.717, 1.165) is 15.8 Å². The summed E-state index contributed by atoms with van der Waals surface area (Å²) in [5, 5.41) is 9.45. The van der Waals surface area contributed by atoms with E-state index in [9.17, 15) is 0 Å². The predicted octanol–water partition coefficient (Wildman–Crippen LogP) is 4.25. The Hall–Kier alpha value is -1.70. The summed E-state index contributed by atoms with van der Waals surface area (Å²) in [6.07, 6.45) is 0. The molecule has 0 unspecified atom stereocenters. The van der Waals surface area contributed by atoms with Gasteiger partial charge in [0.2, 0.25) is 5.16 Å². The number of rotatable bonds is 6. The smallest absolute Gasteiger partial charge is 0.210 e. The molecule has 3 aromatic rings. The maximum atomic E-state index is 6.18. The van der Waals surface area contributed by atoms with Crippen molar-refractivity contribution in [3.8, 4) is 17.1 Å². The van der Waals surface area contributed by atoms with Gasteiger partial charge in [0.05, 0.1) is 11.6 Å². The molecule has 0 amide bonds. The van der Waals surface area contributed by atoms with Gasteiger partial charge in [-0.3, -0.25) is 0 Å². The lowest BCUT2D eigenvalue weighted by atomic mass is 10.2. The lowest BCUT2D eigenvalue weighted by Crippen LogP contribution is -2.12. The summed E-state index contributed by atoms with van der Waals surface area (Å²) in [6.45, 7) is 0.542. The maximum Gasteiger partial charge on any atom is 0.210 e. The van der Waals surface area contributed by atoms with Gasteiger partial charge in [0.25, 0.3) is 0 Å². The number of nitrogen functional groups attached to an aromatic ring is 1. The highest BCUT2D eigenvalue weighted by molar-refractivity contribution is 9.10. The van der Waals surface area contributed by atoms with Crippen molar-refractivity contribution in [3.63, 3.8) is 0 Å². The van der Waals surface area contributed by atoms with E-state index < -0.39 is 0 Å². The highest BCUT2D eigenvalue weighted by atomic mass is 79.9. The SMILES string of the molecule is Nn1c(SCCOc2ccc(Br)cc2)nnc1-c1ccccc1Cl. The van der Waals surface area contributed by atoms with Gasteiger partial charge in [0.1, 0.15) is 5.75 Å². The summed E-state index contributed by atoms with van der Waals surface area (Å²) < 4.78 is 8.14. The molecule has 5 nitrogen and oxygen atoms in total. The zero-order valence-corrected chi connectivity index (χ0v) is 15.7. The fourth-order valence-corrected chi connectivity index (χ4v) is 3.18. The molecule has 124 valence electrons. The van der Waals surface area contributed by atoms with Crippen LogP contribution < -0.4 is 10.6 Å². The van der Waals surface area contributed by atoms with E-state index in [2.05, 4.69) is 26.1 Å². The van der Waals surface area contributed by atoms with Gasteiger partial charge in [-0.05, 0) is 36.4 Å². The van der Waals surface area contributed by atoms with Crippen LogP contribution in [0.1, 0.15) is 0 Å². The van der Waals surface area contributed by atoms with E-state index in [1.165, 1.54) is 16.4 Å². The van der Waals surface area contributed by atoms with Crippen LogP contribution in [0, 0.1) is 0 Å². The molecule has 2 aromatic carbocycles. The molecule has 3 rings (SSSR count). The van der Waals surface area contributed by atoms with Crippen LogP contribution >= 0.6 is 39.3 Å². The lowest BCUT2D eigenvalue weighted by molar-refractivity contribution is 0.344. The minimum atomic E-state index is 0.539. The van der Waals surface area contributed by atoms with Gasteiger partial charge in [0.15, 0.2) is 5.82 Å². The minimum absolute atomic E-state index is 0.539. The number of hydrogen-bond donors (Lipinski definition) is 1. The Bertz CT molecular complexity index is 825. The first-order chi connectivity index (χ1) is 11.6. The molecule has 8 heteroatoms. The summed E-state index contributed by atoms with van der Waals surface area (Å²) in [5.74, 6) is 8.15. The molecule has 0 aliphatic carbocycles. The number of ether oxygens (including phenoxy) is 1. The van der Waals surface area contributed by atoms with Crippen LogP contribution in [0.2, 0.25) is 5.02 Å². The van der Waals surface area contributed by atoms with Crippen LogP contribution in [0.5, 0.6) is 5.75 Å². The molecule has 0 saturated carbocycles. The summed E-state index contributed by atoms with van der Waals surface area (Å²) in [5.41, 5.74) is 0.757. The summed E-state index contributed by atoms with van der Waals surface area (Å²) in [7, 11) is 0. The zero-order valence-electron chi connectivity index (χ0n) is 12.5. The Morgan fingerprint density at radius 3 is 2.62 bits per heavy atom. The third kappa shape index (κ3) is 4.03. The fraction of sp³-hybridized carbons (Fsp3) is 0.125. The van der Waals surface area contributed by atoms with E-state index in [1.807, 2.05) is 42.5 Å². The highest BCUT2D eigenvalue weighted by Crippen LogP contribution is 2.27. The van der Waals surface area contributed by atoms with E-state index >= 15 is 0 Å². The monoisotopic (exact) mass is 424 g/mol. The van der Waals surface area contributed by atoms with Crippen LogP contribution in [0.15, 0.2) is 58.2 Å². The van der Waals surface area contributed by atoms with Crippen LogP contribution in [0.3, 0.4) is 0 Å². The number of nitrogens with two attached hydrogens (primary N) is 1. The topological polar surface area (TPSA) is 66.0 Å². The first-order valence-electron chi connectivity index (χ1n) is 7.11. The Kier molecular flexibility index (Phi) is 5.65. The third-order valence-corrected chi connectivity index (χ3v) is 4.94. The van der Waals surface area contributed by atoms with Crippen LogP contribution in [0.25, 0.3) is 11.4 Å². The number of benzene rings is 2. The molecule has 0 bridgehead atoms. The molecule has 0 fully saturated rings. The van der Waals surface area contributed by atoms with Crippen molar-refractivity contribution in [2.24, 2.45) is 0 Å². The molecule has 0 aliphatic rings. The number of aromatic nitrogens is 3. The molecule has 24 heavy (non-hydrogen) atoms. The van der Waals surface area contributed by atoms with Gasteiger partial charge in [-0.1, -0.05) is 51.4 Å². The molecule has 0 spiro atoms. The van der Waals surface area contributed by atoms with Gasteiger partial charge in [-0.15, -0.1) is 10.2 Å². The molecular formula is C16H14BrClN4OS. The van der Waals surface area contributed by atoms with Crippen LogP contribution in [0.4, 0.5) is 0 Å². The molecular weight excluding hydrogens is 412 g/mol. The van der Waals surface area contributed by atoms with Crippen molar-refractivity contribution in [1.82, 2.24) is 14.9 Å². The zero-order chi connectivity index (χ0) is 16.9. The summed E-state index contributed by atoms with van der Waals surface area (Å²) >= 11 is 11.0. The summed E-state index contributed by atoms with van der Waals surface area (Å²) in [6, 6.07) is 15.1. The van der Waals surface area contributed by atoms with Crippen molar-refractivity contribution in [2.75, 3.05) is 18.2 Å². The third-order valence-electron chi connectivity index (χ3n) is 3.18. The number of nitrogens with zero attached hydrogens (tertiary/aromatic N) is 3. The molecule has 0 aliphatic heterocycles. The second-order valence-electron chi connectivity index (χ2n) is 4.81. The molecule has 0 saturated heterocycles. The van der Waals surface area contributed by atoms with Crippen molar-refractivity contribution in [3.05, 3.63) is 58.0 Å². The number of halogens is 2. The Morgan fingerprint density at radius 2 is 1.88 bits per heavy atom. The summed E-state index contributed by atoms with van der Waals surface area (Å²) in [4.78, 5) is 0. The minimum Gasteiger partial charge on any atom is -0.493 e. The van der Waals surface area contributed by atoms with E-state index in [-0.39, 0.29) is 0 Å². The van der Waals surface area contributed by atoms with E-state index in [0.29, 0.717) is 28.4 Å². The molecule has 0 atom stereocenters. The Labute approximate surface area is 157 Å². The van der Waals surface area contributed by atoms with Gasteiger partial charge in [0, 0.05) is 15.8 Å². The second-order valence-corrected chi connectivity index (χ2v) is 7.19. The van der Waals surface area contributed by atoms with E-state index in [1.54, 1.807) is 6.07 Å². The van der Waals surface area contributed by atoms with Gasteiger partial charge in [-0.25, -0.2) is 4.68 Å². The average Bonchev–Trinajstić information content (AvgIpc) is 2.94. The first kappa shape index (κ1) is 17.1. The fourth-order valence-electron chi connectivity index (χ4n) is 2.02. The molecule has 1 aromatic heterocycles. The Balaban J connectivity index is 1.59. The van der Waals surface area contributed by atoms with Crippen molar-refractivity contribution in [2.45, 2.75) is 5.16 Å².